The SMILES string of the molecule is Cc1cc(OCc2c(-c3c(Cl)cc(Cl)cc3Cl)nsc2C(F)(F)F)c(F)cc1CCC(=O)O. The molecule has 1 heterocycles. The number of hydrogen-bond donors (Lipinski definition) is 1. The summed E-state index contributed by atoms with van der Waals surface area (Å²) in [6.45, 7) is 0.955. The van der Waals surface area contributed by atoms with Crippen molar-refractivity contribution in [2.75, 3.05) is 0 Å². The maximum Gasteiger partial charge on any atom is 0.427 e. The van der Waals surface area contributed by atoms with E-state index in [-0.39, 0.29) is 62.0 Å². The molecule has 3 aromatic rings. The van der Waals surface area contributed by atoms with E-state index in [1.165, 1.54) is 18.2 Å². The predicted molar refractivity (Wildman–Crippen MR) is 119 cm³/mol. The summed E-state index contributed by atoms with van der Waals surface area (Å²) in [6, 6.07) is 5.06. The monoisotopic (exact) mass is 541 g/mol. The number of benzene rings is 2. The van der Waals surface area contributed by atoms with Crippen molar-refractivity contribution < 1.29 is 32.2 Å². The van der Waals surface area contributed by atoms with Crippen LogP contribution in [0.1, 0.15) is 28.0 Å². The minimum atomic E-state index is -4.74. The largest absolute Gasteiger partial charge is 0.486 e. The fraction of sp³-hybridized carbons (Fsp3) is 0.238. The Balaban J connectivity index is 1.98. The third kappa shape index (κ3) is 5.90. The van der Waals surface area contributed by atoms with E-state index in [1.54, 1.807) is 6.92 Å². The van der Waals surface area contributed by atoms with Crippen molar-refractivity contribution in [1.82, 2.24) is 4.37 Å². The molecule has 0 aliphatic carbocycles. The molecule has 0 bridgehead atoms. The summed E-state index contributed by atoms with van der Waals surface area (Å²) in [6.07, 6.45) is -4.83. The van der Waals surface area contributed by atoms with Gasteiger partial charge in [-0.3, -0.25) is 4.79 Å². The summed E-state index contributed by atoms with van der Waals surface area (Å²) < 4.78 is 64.7. The maximum atomic E-state index is 14.5. The average molecular weight is 543 g/mol. The number of alkyl halides is 3. The summed E-state index contributed by atoms with van der Waals surface area (Å²) in [4.78, 5) is 9.72. The molecule has 2 aromatic carbocycles. The molecule has 0 unspecified atom stereocenters. The van der Waals surface area contributed by atoms with Crippen LogP contribution in [0.15, 0.2) is 24.3 Å². The first kappa shape index (κ1) is 25.6. The van der Waals surface area contributed by atoms with Gasteiger partial charge in [0.15, 0.2) is 11.6 Å². The van der Waals surface area contributed by atoms with Crippen LogP contribution < -0.4 is 4.74 Å². The van der Waals surface area contributed by atoms with Gasteiger partial charge in [-0.1, -0.05) is 34.8 Å². The molecule has 4 nitrogen and oxygen atoms in total. The first-order valence-electron chi connectivity index (χ1n) is 9.22. The number of ether oxygens (including phenoxy) is 1. The van der Waals surface area contributed by atoms with E-state index in [0.29, 0.717) is 11.1 Å². The fourth-order valence-electron chi connectivity index (χ4n) is 3.10. The van der Waals surface area contributed by atoms with Crippen LogP contribution in [0.2, 0.25) is 15.1 Å². The van der Waals surface area contributed by atoms with Crippen LogP contribution in [0.25, 0.3) is 11.3 Å². The summed E-state index contributed by atoms with van der Waals surface area (Å²) in [5, 5.41) is 8.99. The average Bonchev–Trinajstić information content (AvgIpc) is 3.10. The van der Waals surface area contributed by atoms with Crippen LogP contribution in [0.4, 0.5) is 17.6 Å². The van der Waals surface area contributed by atoms with E-state index in [4.69, 9.17) is 44.6 Å². The maximum absolute atomic E-state index is 14.5. The lowest BCUT2D eigenvalue weighted by atomic mass is 10.0. The van der Waals surface area contributed by atoms with Crippen molar-refractivity contribution in [1.29, 1.82) is 0 Å². The minimum absolute atomic E-state index is 0.00224. The molecule has 0 atom stereocenters. The van der Waals surface area contributed by atoms with Gasteiger partial charge in [-0.15, -0.1) is 0 Å². The summed E-state index contributed by atoms with van der Waals surface area (Å²) >= 11 is 18.4. The number of aryl methyl sites for hydroxylation is 2. The van der Waals surface area contributed by atoms with Crippen molar-refractivity contribution in [3.63, 3.8) is 0 Å². The Kier molecular flexibility index (Phi) is 7.78. The van der Waals surface area contributed by atoms with Gasteiger partial charge >= 0.3 is 12.1 Å². The predicted octanol–water partition coefficient (Wildman–Crippen LogP) is 7.83. The van der Waals surface area contributed by atoms with Gasteiger partial charge < -0.3 is 9.84 Å². The molecule has 0 aliphatic heterocycles. The highest BCUT2D eigenvalue weighted by atomic mass is 35.5. The van der Waals surface area contributed by atoms with Crippen molar-refractivity contribution in [2.24, 2.45) is 0 Å². The fourth-order valence-corrected chi connectivity index (χ4v) is 4.85. The van der Waals surface area contributed by atoms with Crippen LogP contribution in [-0.4, -0.2) is 15.4 Å². The Morgan fingerprint density at radius 1 is 1.15 bits per heavy atom. The van der Waals surface area contributed by atoms with Crippen molar-refractivity contribution in [3.05, 3.63) is 66.7 Å². The molecule has 0 spiro atoms. The van der Waals surface area contributed by atoms with E-state index in [2.05, 4.69) is 4.37 Å². The van der Waals surface area contributed by atoms with Gasteiger partial charge in [0.05, 0.1) is 15.7 Å². The molecule has 12 heteroatoms. The third-order valence-electron chi connectivity index (χ3n) is 4.66. The van der Waals surface area contributed by atoms with E-state index < -0.39 is 29.4 Å². The number of halogens is 7. The first-order valence-corrected chi connectivity index (χ1v) is 11.1. The molecule has 176 valence electrons. The van der Waals surface area contributed by atoms with Crippen molar-refractivity contribution in [3.8, 4) is 17.0 Å². The van der Waals surface area contributed by atoms with Crippen LogP contribution in [0.3, 0.4) is 0 Å². The molecule has 0 saturated carbocycles. The molecular formula is C21H14Cl3F4NO3S. The quantitative estimate of drug-likeness (QED) is 0.309. The number of carboxylic acids is 1. The number of carbonyl (C=O) groups is 1. The molecule has 3 rings (SSSR count). The van der Waals surface area contributed by atoms with E-state index in [9.17, 15) is 22.4 Å². The van der Waals surface area contributed by atoms with Crippen LogP contribution >= 0.6 is 46.3 Å². The Morgan fingerprint density at radius 2 is 1.79 bits per heavy atom. The standard InChI is InChI=1S/C21H14Cl3F4NO3S/c1-9-4-16(15(25)5-10(9)2-3-17(30)31)32-8-12-19(29-33-20(12)21(26,27)28)18-13(23)6-11(22)7-14(18)24/h4-7H,2-3,8H2,1H3,(H,30,31). The zero-order valence-corrected chi connectivity index (χ0v) is 19.8. The lowest BCUT2D eigenvalue weighted by molar-refractivity contribution is -0.137. The molecule has 0 amide bonds. The van der Waals surface area contributed by atoms with E-state index >= 15 is 0 Å². The van der Waals surface area contributed by atoms with Crippen LogP contribution in [-0.2, 0) is 24.0 Å². The Morgan fingerprint density at radius 3 is 2.36 bits per heavy atom. The second kappa shape index (κ2) is 10.0. The normalized spacial score (nSPS) is 11.6. The van der Waals surface area contributed by atoms with Gasteiger partial charge in [0.2, 0.25) is 0 Å². The molecule has 33 heavy (non-hydrogen) atoms. The molecule has 0 fully saturated rings. The number of aliphatic carboxylic acids is 1. The van der Waals surface area contributed by atoms with Gasteiger partial charge in [0, 0.05) is 22.6 Å². The minimum Gasteiger partial charge on any atom is -0.486 e. The number of aromatic nitrogens is 1. The van der Waals surface area contributed by atoms with E-state index in [1.807, 2.05) is 0 Å². The van der Waals surface area contributed by atoms with Crippen molar-refractivity contribution >= 4 is 52.3 Å². The van der Waals surface area contributed by atoms with Crippen molar-refractivity contribution in [2.45, 2.75) is 32.5 Å². The lowest BCUT2D eigenvalue weighted by Crippen LogP contribution is -2.09. The highest BCUT2D eigenvalue weighted by molar-refractivity contribution is 7.06. The van der Waals surface area contributed by atoms with Gasteiger partial charge in [0.25, 0.3) is 0 Å². The van der Waals surface area contributed by atoms with Gasteiger partial charge in [-0.25, -0.2) is 4.39 Å². The van der Waals surface area contributed by atoms with Gasteiger partial charge in [-0.2, -0.15) is 17.5 Å². The van der Waals surface area contributed by atoms with Gasteiger partial charge in [0.1, 0.15) is 11.5 Å². The first-order chi connectivity index (χ1) is 15.4. The topological polar surface area (TPSA) is 59.4 Å². The lowest BCUT2D eigenvalue weighted by Gasteiger charge is -2.14. The zero-order chi connectivity index (χ0) is 24.5. The molecule has 0 radical (unpaired) electrons. The number of rotatable bonds is 7. The Hall–Kier alpha value is -2.07. The summed E-state index contributed by atoms with van der Waals surface area (Å²) in [5.41, 5.74) is 0.542. The summed E-state index contributed by atoms with van der Waals surface area (Å²) in [7, 11) is 0. The molecule has 1 aromatic heterocycles. The molecular weight excluding hydrogens is 529 g/mol. The van der Waals surface area contributed by atoms with Crippen LogP contribution in [0, 0.1) is 12.7 Å². The smallest absolute Gasteiger partial charge is 0.427 e. The highest BCUT2D eigenvalue weighted by Crippen LogP contribution is 2.44. The third-order valence-corrected chi connectivity index (χ3v) is 6.41. The molecule has 1 N–H and O–H groups in total. The number of nitrogens with zero attached hydrogens (tertiary/aromatic N) is 1. The Labute approximate surface area is 204 Å². The highest BCUT2D eigenvalue weighted by Gasteiger charge is 2.38. The van der Waals surface area contributed by atoms with Gasteiger partial charge in [-0.05, 0) is 60.3 Å². The molecule has 0 saturated heterocycles. The number of hydrogen-bond acceptors (Lipinski definition) is 4. The second-order valence-electron chi connectivity index (χ2n) is 6.97. The number of carboxylic acid groups (broad SMARTS) is 1. The van der Waals surface area contributed by atoms with Crippen LogP contribution in [0.5, 0.6) is 5.75 Å². The molecule has 0 aliphatic rings. The summed E-state index contributed by atoms with van der Waals surface area (Å²) in [5.74, 6) is -2.15. The van der Waals surface area contributed by atoms with E-state index in [0.717, 1.165) is 6.07 Å². The second-order valence-corrected chi connectivity index (χ2v) is 9.00. The Bertz CT molecular complexity index is 1190. The zero-order valence-electron chi connectivity index (χ0n) is 16.7.